The number of halogens is 2. The van der Waals surface area contributed by atoms with E-state index in [1.165, 1.54) is 25.1 Å². The number of hydrogen-bond donors (Lipinski definition) is 2. The first-order valence-electron chi connectivity index (χ1n) is 5.59. The molecule has 7 heteroatoms. The summed E-state index contributed by atoms with van der Waals surface area (Å²) in [6.45, 7) is 1.39. The van der Waals surface area contributed by atoms with Gasteiger partial charge in [-0.1, -0.05) is 11.6 Å². The number of nitrogens with one attached hydrogen (secondary N) is 2. The maximum absolute atomic E-state index is 13.0. The third-order valence-corrected chi connectivity index (χ3v) is 3.60. The molecule has 0 aliphatic rings. The molecular formula is C13H10ClFN2O2S. The maximum Gasteiger partial charge on any atom is 0.265 e. The summed E-state index contributed by atoms with van der Waals surface area (Å²) in [6, 6.07) is 7.16. The van der Waals surface area contributed by atoms with E-state index in [9.17, 15) is 14.0 Å². The molecule has 0 saturated carbocycles. The molecule has 2 amide bonds. The minimum atomic E-state index is -0.547. The molecule has 0 saturated heterocycles. The van der Waals surface area contributed by atoms with Crippen molar-refractivity contribution in [3.05, 3.63) is 46.0 Å². The van der Waals surface area contributed by atoms with Gasteiger partial charge in [0.1, 0.15) is 5.82 Å². The fraction of sp³-hybridized carbons (Fsp3) is 0.0769. The molecule has 0 spiro atoms. The number of carbonyl (C=O) groups excluding carboxylic acids is 2. The Labute approximate surface area is 123 Å². The highest BCUT2D eigenvalue weighted by molar-refractivity contribution is 7.18. The lowest BCUT2D eigenvalue weighted by atomic mass is 10.3. The summed E-state index contributed by atoms with van der Waals surface area (Å²) in [7, 11) is 0. The number of carbonyl (C=O) groups is 2. The first-order chi connectivity index (χ1) is 9.45. The van der Waals surface area contributed by atoms with E-state index < -0.39 is 5.82 Å². The lowest BCUT2D eigenvalue weighted by Crippen LogP contribution is -2.10. The zero-order valence-electron chi connectivity index (χ0n) is 10.4. The van der Waals surface area contributed by atoms with Crippen molar-refractivity contribution in [1.82, 2.24) is 0 Å². The second-order valence-corrected chi connectivity index (χ2v) is 5.42. The van der Waals surface area contributed by atoms with Gasteiger partial charge >= 0.3 is 0 Å². The van der Waals surface area contributed by atoms with Crippen molar-refractivity contribution in [2.24, 2.45) is 0 Å². The zero-order valence-corrected chi connectivity index (χ0v) is 11.9. The number of anilines is 2. The van der Waals surface area contributed by atoms with Crippen LogP contribution in [0.1, 0.15) is 16.6 Å². The number of amides is 2. The topological polar surface area (TPSA) is 58.2 Å². The summed E-state index contributed by atoms with van der Waals surface area (Å²) in [6.07, 6.45) is 0. The van der Waals surface area contributed by atoms with Gasteiger partial charge in [-0.2, -0.15) is 0 Å². The Morgan fingerprint density at radius 1 is 1.20 bits per heavy atom. The molecular weight excluding hydrogens is 303 g/mol. The van der Waals surface area contributed by atoms with E-state index in [0.29, 0.717) is 15.6 Å². The molecule has 4 nitrogen and oxygen atoms in total. The van der Waals surface area contributed by atoms with Crippen molar-refractivity contribution in [1.29, 1.82) is 0 Å². The second-order valence-electron chi connectivity index (χ2n) is 3.93. The standard InChI is InChI=1S/C13H10ClFN2O2S/c1-7(18)16-12-5-4-11(20-12)13(19)17-8-2-3-10(15)9(14)6-8/h2-6H,1H3,(H,16,18)(H,17,19). The highest BCUT2D eigenvalue weighted by Crippen LogP contribution is 2.24. The number of rotatable bonds is 3. The monoisotopic (exact) mass is 312 g/mol. The van der Waals surface area contributed by atoms with Crippen LogP contribution in [0.2, 0.25) is 5.02 Å². The quantitative estimate of drug-likeness (QED) is 0.906. The molecule has 0 aliphatic carbocycles. The lowest BCUT2D eigenvalue weighted by Gasteiger charge is -2.04. The fourth-order valence-electron chi connectivity index (χ4n) is 1.47. The van der Waals surface area contributed by atoms with Crippen LogP contribution in [-0.4, -0.2) is 11.8 Å². The highest BCUT2D eigenvalue weighted by atomic mass is 35.5. The van der Waals surface area contributed by atoms with Gasteiger partial charge in [-0.05, 0) is 30.3 Å². The van der Waals surface area contributed by atoms with Crippen molar-refractivity contribution in [2.75, 3.05) is 10.6 Å². The van der Waals surface area contributed by atoms with E-state index in [2.05, 4.69) is 10.6 Å². The fourth-order valence-corrected chi connectivity index (χ4v) is 2.50. The molecule has 2 rings (SSSR count). The minimum absolute atomic E-state index is 0.0621. The summed E-state index contributed by atoms with van der Waals surface area (Å²) < 4.78 is 13.0. The van der Waals surface area contributed by atoms with Gasteiger partial charge in [-0.15, -0.1) is 11.3 Å². The van der Waals surface area contributed by atoms with Crippen LogP contribution in [0, 0.1) is 5.82 Å². The van der Waals surface area contributed by atoms with Gasteiger partial charge < -0.3 is 10.6 Å². The van der Waals surface area contributed by atoms with Crippen molar-refractivity contribution >= 4 is 45.4 Å². The second kappa shape index (κ2) is 6.02. The summed E-state index contributed by atoms with van der Waals surface area (Å²) in [4.78, 5) is 23.3. The van der Waals surface area contributed by atoms with Crippen molar-refractivity contribution < 1.29 is 14.0 Å². The number of hydrogen-bond acceptors (Lipinski definition) is 3. The van der Waals surface area contributed by atoms with Crippen molar-refractivity contribution in [3.8, 4) is 0 Å². The minimum Gasteiger partial charge on any atom is -0.321 e. The Hall–Kier alpha value is -1.92. The van der Waals surface area contributed by atoms with Gasteiger partial charge in [0.05, 0.1) is 14.9 Å². The van der Waals surface area contributed by atoms with Gasteiger partial charge in [0, 0.05) is 12.6 Å². The van der Waals surface area contributed by atoms with Crippen LogP contribution in [0.15, 0.2) is 30.3 Å². The summed E-state index contributed by atoms with van der Waals surface area (Å²) in [5.74, 6) is -1.10. The Balaban J connectivity index is 2.09. The Bertz CT molecular complexity index is 672. The van der Waals surface area contributed by atoms with E-state index >= 15 is 0 Å². The average molecular weight is 313 g/mol. The van der Waals surface area contributed by atoms with Crippen LogP contribution < -0.4 is 10.6 Å². The van der Waals surface area contributed by atoms with Gasteiger partial charge in [-0.3, -0.25) is 9.59 Å². The van der Waals surface area contributed by atoms with Gasteiger partial charge in [0.2, 0.25) is 5.91 Å². The molecule has 0 bridgehead atoms. The van der Waals surface area contributed by atoms with Crippen molar-refractivity contribution in [3.63, 3.8) is 0 Å². The summed E-state index contributed by atoms with van der Waals surface area (Å²) in [5.41, 5.74) is 0.399. The van der Waals surface area contributed by atoms with E-state index in [-0.39, 0.29) is 16.8 Å². The molecule has 0 fully saturated rings. The third kappa shape index (κ3) is 3.55. The largest absolute Gasteiger partial charge is 0.321 e. The van der Waals surface area contributed by atoms with E-state index in [1.54, 1.807) is 12.1 Å². The van der Waals surface area contributed by atoms with Crippen LogP contribution in [0.5, 0.6) is 0 Å². The molecule has 0 radical (unpaired) electrons. The summed E-state index contributed by atoms with van der Waals surface area (Å²) >= 11 is 6.78. The first-order valence-corrected chi connectivity index (χ1v) is 6.79. The molecule has 1 aromatic heterocycles. The van der Waals surface area contributed by atoms with Gasteiger partial charge in [0.25, 0.3) is 5.91 Å². The van der Waals surface area contributed by atoms with E-state index in [0.717, 1.165) is 11.3 Å². The Morgan fingerprint density at radius 3 is 2.60 bits per heavy atom. The SMILES string of the molecule is CC(=O)Nc1ccc(C(=O)Nc2ccc(F)c(Cl)c2)s1. The molecule has 0 atom stereocenters. The molecule has 20 heavy (non-hydrogen) atoms. The van der Waals surface area contributed by atoms with Gasteiger partial charge in [-0.25, -0.2) is 4.39 Å². The average Bonchev–Trinajstić information content (AvgIpc) is 2.81. The predicted molar refractivity (Wildman–Crippen MR) is 78.0 cm³/mol. The maximum atomic E-state index is 13.0. The molecule has 1 heterocycles. The van der Waals surface area contributed by atoms with Crippen LogP contribution in [0.25, 0.3) is 0 Å². The van der Waals surface area contributed by atoms with Crippen LogP contribution >= 0.6 is 22.9 Å². The van der Waals surface area contributed by atoms with Gasteiger partial charge in [0.15, 0.2) is 0 Å². The number of benzene rings is 1. The van der Waals surface area contributed by atoms with Crippen LogP contribution in [-0.2, 0) is 4.79 Å². The zero-order chi connectivity index (χ0) is 14.7. The molecule has 2 N–H and O–H groups in total. The smallest absolute Gasteiger partial charge is 0.265 e. The van der Waals surface area contributed by atoms with Crippen LogP contribution in [0.3, 0.4) is 0 Å². The third-order valence-electron chi connectivity index (χ3n) is 2.31. The summed E-state index contributed by atoms with van der Waals surface area (Å²) in [5, 5.41) is 5.71. The predicted octanol–water partition coefficient (Wildman–Crippen LogP) is 3.75. The molecule has 104 valence electrons. The molecule has 0 aliphatic heterocycles. The van der Waals surface area contributed by atoms with E-state index in [4.69, 9.17) is 11.6 Å². The Morgan fingerprint density at radius 2 is 1.95 bits per heavy atom. The first kappa shape index (κ1) is 14.5. The highest BCUT2D eigenvalue weighted by Gasteiger charge is 2.11. The normalized spacial score (nSPS) is 10.2. The molecule has 2 aromatic rings. The van der Waals surface area contributed by atoms with E-state index in [1.807, 2.05) is 0 Å². The lowest BCUT2D eigenvalue weighted by molar-refractivity contribution is -0.114. The molecule has 1 aromatic carbocycles. The Kier molecular flexibility index (Phi) is 4.36. The number of thiophene rings is 1. The van der Waals surface area contributed by atoms with Crippen molar-refractivity contribution in [2.45, 2.75) is 6.92 Å². The van der Waals surface area contributed by atoms with Crippen LogP contribution in [0.4, 0.5) is 15.1 Å². The molecule has 0 unspecified atom stereocenters.